The Morgan fingerprint density at radius 3 is 2.47 bits per heavy atom. The van der Waals surface area contributed by atoms with Gasteiger partial charge in [-0.05, 0) is 39.2 Å². The molecule has 1 atom stereocenters. The second-order valence-electron chi connectivity index (χ2n) is 5.88. The molecule has 1 aliphatic heterocycles. The quantitative estimate of drug-likeness (QED) is 0.800. The number of rotatable bonds is 5. The molecule has 1 saturated heterocycles. The molecular formula is C14H28N2O. The third-order valence-corrected chi connectivity index (χ3v) is 3.34. The van der Waals surface area contributed by atoms with E-state index < -0.39 is 0 Å². The van der Waals surface area contributed by atoms with E-state index >= 15 is 0 Å². The van der Waals surface area contributed by atoms with Gasteiger partial charge in [-0.25, -0.2) is 0 Å². The number of nitrogens with zero attached hydrogens (tertiary/aromatic N) is 1. The molecule has 1 aliphatic rings. The van der Waals surface area contributed by atoms with Crippen LogP contribution in [-0.2, 0) is 4.79 Å². The van der Waals surface area contributed by atoms with Crippen molar-refractivity contribution in [2.24, 2.45) is 5.92 Å². The molecule has 1 fully saturated rings. The molecule has 0 aliphatic carbocycles. The number of amides is 1. The van der Waals surface area contributed by atoms with Crippen LogP contribution in [0.1, 0.15) is 53.4 Å². The van der Waals surface area contributed by atoms with Crippen molar-refractivity contribution < 1.29 is 4.79 Å². The molecular weight excluding hydrogens is 212 g/mol. The third-order valence-electron chi connectivity index (χ3n) is 3.34. The van der Waals surface area contributed by atoms with Crippen molar-refractivity contribution >= 4 is 5.91 Å². The first-order chi connectivity index (χ1) is 8.00. The van der Waals surface area contributed by atoms with Gasteiger partial charge in [0.15, 0.2) is 0 Å². The lowest BCUT2D eigenvalue weighted by Gasteiger charge is -2.31. The Balaban J connectivity index is 2.46. The maximum Gasteiger partial charge on any atom is 0.224 e. The molecule has 0 spiro atoms. The minimum atomic E-state index is 0.313. The van der Waals surface area contributed by atoms with Gasteiger partial charge in [0.25, 0.3) is 0 Å². The van der Waals surface area contributed by atoms with E-state index in [9.17, 15) is 4.79 Å². The Bertz CT molecular complexity index is 232. The Labute approximate surface area is 106 Å². The number of nitrogens with one attached hydrogen (secondary N) is 1. The second-order valence-corrected chi connectivity index (χ2v) is 5.88. The summed E-state index contributed by atoms with van der Waals surface area (Å²) in [6.07, 6.45) is 4.34. The normalized spacial score (nSPS) is 20.9. The molecule has 0 bridgehead atoms. The number of hydrogen-bond donors (Lipinski definition) is 1. The molecule has 1 amide bonds. The largest absolute Gasteiger partial charge is 0.340 e. The highest BCUT2D eigenvalue weighted by Gasteiger charge is 2.22. The summed E-state index contributed by atoms with van der Waals surface area (Å²) in [6, 6.07) is 0.721. The fraction of sp³-hybridized carbons (Fsp3) is 0.929. The molecule has 17 heavy (non-hydrogen) atoms. The van der Waals surface area contributed by atoms with Gasteiger partial charge in [-0.3, -0.25) is 4.79 Å². The van der Waals surface area contributed by atoms with Crippen LogP contribution < -0.4 is 5.32 Å². The Morgan fingerprint density at radius 1 is 1.29 bits per heavy atom. The van der Waals surface area contributed by atoms with Gasteiger partial charge in [0.1, 0.15) is 0 Å². The molecule has 1 unspecified atom stereocenters. The van der Waals surface area contributed by atoms with E-state index in [1.54, 1.807) is 0 Å². The monoisotopic (exact) mass is 240 g/mol. The standard InChI is InChI=1S/C14H28N2O/c1-11(2)10-16(12(3)4)14(17)9-13-7-5-6-8-15-13/h11-13,15H,5-10H2,1-4H3. The van der Waals surface area contributed by atoms with Gasteiger partial charge in [0.2, 0.25) is 5.91 Å². The van der Waals surface area contributed by atoms with Crippen LogP contribution in [0.5, 0.6) is 0 Å². The van der Waals surface area contributed by atoms with E-state index in [1.807, 2.05) is 4.90 Å². The third kappa shape index (κ3) is 5.07. The minimum absolute atomic E-state index is 0.313. The van der Waals surface area contributed by atoms with Crippen LogP contribution in [0.25, 0.3) is 0 Å². The molecule has 0 aromatic carbocycles. The van der Waals surface area contributed by atoms with E-state index in [0.29, 0.717) is 30.3 Å². The number of hydrogen-bond acceptors (Lipinski definition) is 2. The summed E-state index contributed by atoms with van der Waals surface area (Å²) in [4.78, 5) is 14.3. The van der Waals surface area contributed by atoms with E-state index in [1.165, 1.54) is 12.8 Å². The molecule has 3 heteroatoms. The lowest BCUT2D eigenvalue weighted by Crippen LogP contribution is -2.44. The molecule has 0 radical (unpaired) electrons. The summed E-state index contributed by atoms with van der Waals surface area (Å²) in [5.41, 5.74) is 0. The van der Waals surface area contributed by atoms with Crippen LogP contribution in [-0.4, -0.2) is 36.0 Å². The van der Waals surface area contributed by atoms with Crippen LogP contribution in [0.4, 0.5) is 0 Å². The zero-order chi connectivity index (χ0) is 12.8. The van der Waals surface area contributed by atoms with Crippen molar-refractivity contribution in [2.75, 3.05) is 13.1 Å². The zero-order valence-corrected chi connectivity index (χ0v) is 11.8. The molecule has 0 aromatic rings. The van der Waals surface area contributed by atoms with Crippen LogP contribution in [0.2, 0.25) is 0 Å². The minimum Gasteiger partial charge on any atom is -0.340 e. The summed E-state index contributed by atoms with van der Waals surface area (Å²) >= 11 is 0. The Morgan fingerprint density at radius 2 is 2.00 bits per heavy atom. The van der Waals surface area contributed by atoms with Crippen LogP contribution in [0.15, 0.2) is 0 Å². The van der Waals surface area contributed by atoms with Crippen LogP contribution >= 0.6 is 0 Å². The summed E-state index contributed by atoms with van der Waals surface area (Å²) in [7, 11) is 0. The van der Waals surface area contributed by atoms with Crippen molar-refractivity contribution in [3.05, 3.63) is 0 Å². The van der Waals surface area contributed by atoms with Gasteiger partial charge in [-0.15, -0.1) is 0 Å². The van der Waals surface area contributed by atoms with E-state index in [-0.39, 0.29) is 0 Å². The summed E-state index contributed by atoms with van der Waals surface area (Å²) < 4.78 is 0. The van der Waals surface area contributed by atoms with Crippen LogP contribution in [0, 0.1) is 5.92 Å². The Kier molecular flexibility index (Phi) is 5.96. The van der Waals surface area contributed by atoms with Gasteiger partial charge < -0.3 is 10.2 Å². The van der Waals surface area contributed by atoms with Gasteiger partial charge in [-0.2, -0.15) is 0 Å². The van der Waals surface area contributed by atoms with Crippen molar-refractivity contribution in [3.63, 3.8) is 0 Å². The highest BCUT2D eigenvalue weighted by atomic mass is 16.2. The topological polar surface area (TPSA) is 32.3 Å². The van der Waals surface area contributed by atoms with Gasteiger partial charge >= 0.3 is 0 Å². The summed E-state index contributed by atoms with van der Waals surface area (Å²) in [5.74, 6) is 0.855. The number of carbonyl (C=O) groups excluding carboxylic acids is 1. The molecule has 0 saturated carbocycles. The average Bonchev–Trinajstić information content (AvgIpc) is 2.26. The van der Waals surface area contributed by atoms with Crippen molar-refractivity contribution in [1.82, 2.24) is 10.2 Å². The second kappa shape index (κ2) is 7.00. The first kappa shape index (κ1) is 14.5. The molecule has 1 N–H and O–H groups in total. The highest BCUT2D eigenvalue weighted by molar-refractivity contribution is 5.77. The zero-order valence-electron chi connectivity index (χ0n) is 11.8. The average molecular weight is 240 g/mol. The number of carbonyl (C=O) groups is 1. The first-order valence-electron chi connectivity index (χ1n) is 7.03. The fourth-order valence-electron chi connectivity index (χ4n) is 2.42. The van der Waals surface area contributed by atoms with E-state index in [4.69, 9.17) is 0 Å². The number of piperidine rings is 1. The highest BCUT2D eigenvalue weighted by Crippen LogP contribution is 2.13. The van der Waals surface area contributed by atoms with E-state index in [2.05, 4.69) is 33.0 Å². The lowest BCUT2D eigenvalue weighted by atomic mass is 10.0. The van der Waals surface area contributed by atoms with Crippen molar-refractivity contribution in [1.29, 1.82) is 0 Å². The van der Waals surface area contributed by atoms with Crippen molar-refractivity contribution in [2.45, 2.75) is 65.5 Å². The Hall–Kier alpha value is -0.570. The van der Waals surface area contributed by atoms with Gasteiger partial charge in [0.05, 0.1) is 0 Å². The fourth-order valence-corrected chi connectivity index (χ4v) is 2.42. The molecule has 1 heterocycles. The van der Waals surface area contributed by atoms with Gasteiger partial charge in [-0.1, -0.05) is 20.3 Å². The maximum atomic E-state index is 12.3. The maximum absolute atomic E-state index is 12.3. The lowest BCUT2D eigenvalue weighted by molar-refractivity contribution is -0.134. The molecule has 1 rings (SSSR count). The SMILES string of the molecule is CC(C)CN(C(=O)CC1CCCCN1)C(C)C. The van der Waals surface area contributed by atoms with Gasteiger partial charge in [0, 0.05) is 25.0 Å². The van der Waals surface area contributed by atoms with E-state index in [0.717, 1.165) is 19.5 Å². The molecule has 100 valence electrons. The van der Waals surface area contributed by atoms with Crippen LogP contribution in [0.3, 0.4) is 0 Å². The summed E-state index contributed by atoms with van der Waals surface area (Å²) in [5, 5.41) is 3.45. The smallest absolute Gasteiger partial charge is 0.224 e. The molecule has 0 aromatic heterocycles. The predicted molar refractivity (Wildman–Crippen MR) is 71.9 cm³/mol. The van der Waals surface area contributed by atoms with Crippen molar-refractivity contribution in [3.8, 4) is 0 Å². The molecule has 3 nitrogen and oxygen atoms in total. The predicted octanol–water partition coefficient (Wildman–Crippen LogP) is 2.41. The summed E-state index contributed by atoms with van der Waals surface area (Å²) in [6.45, 7) is 10.5. The first-order valence-corrected chi connectivity index (χ1v) is 7.03.